The number of amides is 1. The summed E-state index contributed by atoms with van der Waals surface area (Å²) in [7, 11) is 0. The number of aromatic nitrogens is 1. The summed E-state index contributed by atoms with van der Waals surface area (Å²) in [6, 6.07) is 1.53. The van der Waals surface area contributed by atoms with Crippen molar-refractivity contribution in [1.82, 2.24) is 5.16 Å². The van der Waals surface area contributed by atoms with E-state index >= 15 is 0 Å². The average Bonchev–Trinajstić information content (AvgIpc) is 2.83. The van der Waals surface area contributed by atoms with Gasteiger partial charge in [-0.25, -0.2) is 18.0 Å². The minimum absolute atomic E-state index is 0.379. The SMILES string of the molecule is O=C(Nc1c(F)cc(F)cc1F)c1cc(C(=O)O)on1. The minimum Gasteiger partial charge on any atom is -0.475 e. The van der Waals surface area contributed by atoms with Crippen molar-refractivity contribution in [1.29, 1.82) is 0 Å². The average molecular weight is 286 g/mol. The van der Waals surface area contributed by atoms with Crippen LogP contribution in [0.1, 0.15) is 21.0 Å². The van der Waals surface area contributed by atoms with E-state index in [0.29, 0.717) is 12.1 Å². The Bertz CT molecular complexity index is 676. The Morgan fingerprint density at radius 1 is 1.15 bits per heavy atom. The Labute approximate surface area is 108 Å². The van der Waals surface area contributed by atoms with Gasteiger partial charge in [0.05, 0.1) is 0 Å². The van der Waals surface area contributed by atoms with Gasteiger partial charge >= 0.3 is 5.97 Å². The predicted molar refractivity (Wildman–Crippen MR) is 57.7 cm³/mol. The highest BCUT2D eigenvalue weighted by Crippen LogP contribution is 2.20. The first-order valence-corrected chi connectivity index (χ1v) is 5.04. The van der Waals surface area contributed by atoms with Crippen LogP contribution in [0, 0.1) is 17.5 Å². The van der Waals surface area contributed by atoms with E-state index in [0.717, 1.165) is 6.07 Å². The Kier molecular flexibility index (Phi) is 3.42. The van der Waals surface area contributed by atoms with Gasteiger partial charge in [0.25, 0.3) is 5.91 Å². The van der Waals surface area contributed by atoms with E-state index in [1.54, 1.807) is 5.32 Å². The number of carboxylic acids is 1. The maximum absolute atomic E-state index is 13.3. The molecule has 104 valence electrons. The van der Waals surface area contributed by atoms with Crippen LogP contribution in [-0.2, 0) is 0 Å². The van der Waals surface area contributed by atoms with Crippen molar-refractivity contribution in [3.8, 4) is 0 Å². The molecule has 1 aromatic heterocycles. The molecule has 0 saturated heterocycles. The first kappa shape index (κ1) is 13.6. The number of hydrogen-bond donors (Lipinski definition) is 2. The fraction of sp³-hybridized carbons (Fsp3) is 0. The number of halogens is 3. The molecule has 0 aliphatic carbocycles. The van der Waals surface area contributed by atoms with Gasteiger partial charge in [0.15, 0.2) is 17.3 Å². The van der Waals surface area contributed by atoms with E-state index in [1.807, 2.05) is 0 Å². The summed E-state index contributed by atoms with van der Waals surface area (Å²) >= 11 is 0. The van der Waals surface area contributed by atoms with E-state index in [4.69, 9.17) is 5.11 Å². The predicted octanol–water partition coefficient (Wildman–Crippen LogP) is 2.04. The molecule has 9 heteroatoms. The van der Waals surface area contributed by atoms with Crippen molar-refractivity contribution in [3.63, 3.8) is 0 Å². The standard InChI is InChI=1S/C11H5F3N2O4/c12-4-1-5(13)9(6(14)2-4)15-10(17)7-3-8(11(18)19)20-16-7/h1-3H,(H,15,17)(H,18,19). The number of nitrogens with zero attached hydrogens (tertiary/aromatic N) is 1. The zero-order valence-corrected chi connectivity index (χ0v) is 9.49. The van der Waals surface area contributed by atoms with Gasteiger partial charge < -0.3 is 14.9 Å². The Balaban J connectivity index is 2.25. The molecule has 2 aromatic rings. The number of benzene rings is 1. The maximum Gasteiger partial charge on any atom is 0.374 e. The molecule has 0 unspecified atom stereocenters. The van der Waals surface area contributed by atoms with Crippen LogP contribution in [0.15, 0.2) is 22.7 Å². The minimum atomic E-state index is -1.46. The first-order chi connectivity index (χ1) is 9.38. The lowest BCUT2D eigenvalue weighted by Gasteiger charge is -2.05. The van der Waals surface area contributed by atoms with E-state index in [-0.39, 0.29) is 0 Å². The van der Waals surface area contributed by atoms with Gasteiger partial charge in [-0.3, -0.25) is 4.79 Å². The van der Waals surface area contributed by atoms with E-state index in [1.165, 1.54) is 0 Å². The van der Waals surface area contributed by atoms with Crippen LogP contribution < -0.4 is 5.32 Å². The molecule has 0 spiro atoms. The van der Waals surface area contributed by atoms with Crippen LogP contribution >= 0.6 is 0 Å². The number of anilines is 1. The molecule has 0 fully saturated rings. The molecule has 6 nitrogen and oxygen atoms in total. The van der Waals surface area contributed by atoms with Crippen LogP contribution in [0.3, 0.4) is 0 Å². The fourth-order valence-electron chi connectivity index (χ4n) is 1.32. The third kappa shape index (κ3) is 2.60. The van der Waals surface area contributed by atoms with Crippen molar-refractivity contribution < 1.29 is 32.4 Å². The number of rotatable bonds is 3. The summed E-state index contributed by atoms with van der Waals surface area (Å²) in [4.78, 5) is 22.1. The molecule has 0 aliphatic rings. The van der Waals surface area contributed by atoms with Crippen LogP contribution in [0.2, 0.25) is 0 Å². The molecule has 2 rings (SSSR count). The van der Waals surface area contributed by atoms with E-state index in [2.05, 4.69) is 9.68 Å². The van der Waals surface area contributed by atoms with Crippen LogP contribution in [0.4, 0.5) is 18.9 Å². The highest BCUT2D eigenvalue weighted by Gasteiger charge is 2.20. The second kappa shape index (κ2) is 5.03. The topological polar surface area (TPSA) is 92.4 Å². The van der Waals surface area contributed by atoms with Crippen molar-refractivity contribution in [2.24, 2.45) is 0 Å². The summed E-state index contributed by atoms with van der Waals surface area (Å²) in [6.07, 6.45) is 0. The molecule has 1 aromatic carbocycles. The van der Waals surface area contributed by atoms with Gasteiger partial charge in [-0.2, -0.15) is 0 Å². The van der Waals surface area contributed by atoms with Crippen molar-refractivity contribution in [2.45, 2.75) is 0 Å². The summed E-state index contributed by atoms with van der Waals surface area (Å²) in [5.74, 6) is -6.97. The number of hydrogen-bond acceptors (Lipinski definition) is 4. The lowest BCUT2D eigenvalue weighted by Crippen LogP contribution is -2.15. The lowest BCUT2D eigenvalue weighted by atomic mass is 10.2. The highest BCUT2D eigenvalue weighted by molar-refractivity contribution is 6.03. The molecule has 1 amide bonds. The molecule has 1 heterocycles. The fourth-order valence-corrected chi connectivity index (χ4v) is 1.32. The van der Waals surface area contributed by atoms with Gasteiger partial charge in [-0.1, -0.05) is 5.16 Å². The lowest BCUT2D eigenvalue weighted by molar-refractivity contribution is 0.0651. The normalized spacial score (nSPS) is 10.3. The number of nitrogens with one attached hydrogen (secondary N) is 1. The molecule has 2 N–H and O–H groups in total. The third-order valence-electron chi connectivity index (χ3n) is 2.20. The van der Waals surface area contributed by atoms with E-state index in [9.17, 15) is 22.8 Å². The van der Waals surface area contributed by atoms with Crippen molar-refractivity contribution >= 4 is 17.6 Å². The van der Waals surface area contributed by atoms with Gasteiger partial charge in [-0.15, -0.1) is 0 Å². The van der Waals surface area contributed by atoms with Gasteiger partial charge in [0, 0.05) is 18.2 Å². The summed E-state index contributed by atoms with van der Waals surface area (Å²) in [6.45, 7) is 0. The van der Waals surface area contributed by atoms with Crippen molar-refractivity contribution in [2.75, 3.05) is 5.32 Å². The molecule has 0 bridgehead atoms. The number of aromatic carboxylic acids is 1. The number of carbonyl (C=O) groups excluding carboxylic acids is 1. The largest absolute Gasteiger partial charge is 0.475 e. The maximum atomic E-state index is 13.3. The van der Waals surface area contributed by atoms with E-state index < -0.39 is 46.5 Å². The molecule has 0 atom stereocenters. The molecular formula is C11H5F3N2O4. The quantitative estimate of drug-likeness (QED) is 0.900. The zero-order chi connectivity index (χ0) is 14.9. The molecule has 0 aliphatic heterocycles. The molecule has 20 heavy (non-hydrogen) atoms. The Hall–Kier alpha value is -2.84. The molecular weight excluding hydrogens is 281 g/mol. The Morgan fingerprint density at radius 3 is 2.25 bits per heavy atom. The monoisotopic (exact) mass is 286 g/mol. The number of carbonyl (C=O) groups is 2. The third-order valence-corrected chi connectivity index (χ3v) is 2.20. The summed E-state index contributed by atoms with van der Waals surface area (Å²) in [5.41, 5.74) is -1.37. The van der Waals surface area contributed by atoms with Crippen LogP contribution in [0.5, 0.6) is 0 Å². The zero-order valence-electron chi connectivity index (χ0n) is 9.49. The van der Waals surface area contributed by atoms with Gasteiger partial charge in [0.2, 0.25) is 5.76 Å². The Morgan fingerprint density at radius 2 is 1.75 bits per heavy atom. The summed E-state index contributed by atoms with van der Waals surface area (Å²) in [5, 5.41) is 13.5. The smallest absolute Gasteiger partial charge is 0.374 e. The second-order valence-electron chi connectivity index (χ2n) is 3.58. The van der Waals surface area contributed by atoms with Gasteiger partial charge in [0.1, 0.15) is 11.5 Å². The van der Waals surface area contributed by atoms with Crippen LogP contribution in [-0.4, -0.2) is 22.1 Å². The van der Waals surface area contributed by atoms with Crippen molar-refractivity contribution in [3.05, 3.63) is 47.1 Å². The highest BCUT2D eigenvalue weighted by atomic mass is 19.1. The second-order valence-corrected chi connectivity index (χ2v) is 3.58. The van der Waals surface area contributed by atoms with Gasteiger partial charge in [-0.05, 0) is 0 Å². The molecule has 0 saturated carbocycles. The number of carboxylic acid groups (broad SMARTS) is 1. The van der Waals surface area contributed by atoms with Crippen LogP contribution in [0.25, 0.3) is 0 Å². The first-order valence-electron chi connectivity index (χ1n) is 5.04. The summed E-state index contributed by atoms with van der Waals surface area (Å²) < 4.78 is 43.6. The molecule has 0 radical (unpaired) electrons.